The van der Waals surface area contributed by atoms with Gasteiger partial charge in [0.1, 0.15) is 12.0 Å². The number of nitrogens with zero attached hydrogens (tertiary/aromatic N) is 1. The van der Waals surface area contributed by atoms with E-state index in [0.29, 0.717) is 11.7 Å². The normalized spacial score (nSPS) is 17.0. The van der Waals surface area contributed by atoms with Gasteiger partial charge in [0, 0.05) is 17.4 Å². The Morgan fingerprint density at radius 3 is 2.70 bits per heavy atom. The summed E-state index contributed by atoms with van der Waals surface area (Å²) >= 11 is 1.66. The third kappa shape index (κ3) is 2.77. The van der Waals surface area contributed by atoms with Crippen molar-refractivity contribution in [2.24, 2.45) is 0 Å². The Morgan fingerprint density at radius 2 is 2.05 bits per heavy atom. The molecule has 0 saturated heterocycles. The van der Waals surface area contributed by atoms with Gasteiger partial charge in [-0.2, -0.15) is 0 Å². The van der Waals surface area contributed by atoms with Crippen LogP contribution in [0.25, 0.3) is 11.5 Å². The van der Waals surface area contributed by atoms with Crippen LogP contribution in [0.4, 0.5) is 0 Å². The Morgan fingerprint density at radius 1 is 1.30 bits per heavy atom. The van der Waals surface area contributed by atoms with E-state index in [-0.39, 0.29) is 5.56 Å². The molecule has 0 spiro atoms. The minimum absolute atomic E-state index is 0.170. The molecule has 1 aliphatic carbocycles. The highest BCUT2D eigenvalue weighted by atomic mass is 32.1. The highest BCUT2D eigenvalue weighted by Crippen LogP contribution is 2.35. The maximum atomic E-state index is 10.9. The number of carbonyl (C=O) groups is 1. The number of carboxylic acids is 1. The summed E-state index contributed by atoms with van der Waals surface area (Å²) in [6.07, 6.45) is 8.91. The third-order valence-electron chi connectivity index (χ3n) is 3.83. The van der Waals surface area contributed by atoms with E-state index < -0.39 is 5.97 Å². The molecule has 20 heavy (non-hydrogen) atoms. The van der Waals surface area contributed by atoms with Gasteiger partial charge in [0.05, 0.1) is 10.6 Å². The SMILES string of the molecule is O=C(O)c1coc(-c2csc(C3CCCCCC3)n2)c1. The van der Waals surface area contributed by atoms with Crippen LogP contribution in [0.15, 0.2) is 22.1 Å². The Labute approximate surface area is 121 Å². The number of rotatable bonds is 3. The molecule has 1 fully saturated rings. The lowest BCUT2D eigenvalue weighted by Crippen LogP contribution is -1.96. The van der Waals surface area contributed by atoms with E-state index >= 15 is 0 Å². The van der Waals surface area contributed by atoms with Crippen molar-refractivity contribution in [1.29, 1.82) is 0 Å². The molecule has 2 heterocycles. The summed E-state index contributed by atoms with van der Waals surface area (Å²) in [6.45, 7) is 0. The van der Waals surface area contributed by atoms with Crippen molar-refractivity contribution in [2.45, 2.75) is 44.4 Å². The van der Waals surface area contributed by atoms with Gasteiger partial charge in [-0.25, -0.2) is 9.78 Å². The van der Waals surface area contributed by atoms with Gasteiger partial charge in [0.25, 0.3) is 0 Å². The number of aromatic carboxylic acids is 1. The molecule has 106 valence electrons. The van der Waals surface area contributed by atoms with Crippen LogP contribution < -0.4 is 0 Å². The molecule has 0 radical (unpaired) electrons. The average molecular weight is 291 g/mol. The first kappa shape index (κ1) is 13.4. The second kappa shape index (κ2) is 5.79. The Hall–Kier alpha value is -1.62. The molecular formula is C15H17NO3S. The van der Waals surface area contributed by atoms with E-state index in [2.05, 4.69) is 4.98 Å². The summed E-state index contributed by atoms with van der Waals surface area (Å²) < 4.78 is 5.30. The summed E-state index contributed by atoms with van der Waals surface area (Å²) in [4.78, 5) is 15.5. The minimum atomic E-state index is -0.973. The molecule has 0 aliphatic heterocycles. The van der Waals surface area contributed by atoms with Crippen molar-refractivity contribution in [1.82, 2.24) is 4.98 Å². The van der Waals surface area contributed by atoms with Crippen molar-refractivity contribution < 1.29 is 14.3 Å². The van der Waals surface area contributed by atoms with E-state index in [1.807, 2.05) is 5.38 Å². The number of hydrogen-bond acceptors (Lipinski definition) is 4. The van der Waals surface area contributed by atoms with Crippen molar-refractivity contribution in [2.75, 3.05) is 0 Å². The van der Waals surface area contributed by atoms with Gasteiger partial charge < -0.3 is 9.52 Å². The maximum Gasteiger partial charge on any atom is 0.338 e. The smallest absolute Gasteiger partial charge is 0.338 e. The van der Waals surface area contributed by atoms with Crippen LogP contribution in [0.1, 0.15) is 59.8 Å². The van der Waals surface area contributed by atoms with Crippen molar-refractivity contribution in [3.63, 3.8) is 0 Å². The Bertz CT molecular complexity index is 594. The first-order valence-electron chi connectivity index (χ1n) is 7.01. The van der Waals surface area contributed by atoms with Crippen LogP contribution in [-0.4, -0.2) is 16.1 Å². The van der Waals surface area contributed by atoms with Crippen LogP contribution >= 0.6 is 11.3 Å². The summed E-state index contributed by atoms with van der Waals surface area (Å²) in [5.74, 6) is 0.128. The zero-order valence-electron chi connectivity index (χ0n) is 11.2. The summed E-state index contributed by atoms with van der Waals surface area (Å²) in [6, 6.07) is 1.54. The first-order chi connectivity index (χ1) is 9.74. The monoisotopic (exact) mass is 291 g/mol. The number of aromatic nitrogens is 1. The quantitative estimate of drug-likeness (QED) is 0.843. The first-order valence-corrected chi connectivity index (χ1v) is 7.89. The molecule has 1 saturated carbocycles. The van der Waals surface area contributed by atoms with Gasteiger partial charge >= 0.3 is 5.97 Å². The van der Waals surface area contributed by atoms with Crippen molar-refractivity contribution >= 4 is 17.3 Å². The second-order valence-corrected chi connectivity index (χ2v) is 6.15. The molecular weight excluding hydrogens is 274 g/mol. The summed E-state index contributed by atoms with van der Waals surface area (Å²) in [7, 11) is 0. The zero-order chi connectivity index (χ0) is 13.9. The molecule has 1 aliphatic rings. The number of carboxylic acid groups (broad SMARTS) is 1. The van der Waals surface area contributed by atoms with Gasteiger partial charge in [-0.3, -0.25) is 0 Å². The number of furan rings is 1. The minimum Gasteiger partial charge on any atom is -0.478 e. The average Bonchev–Trinajstić information content (AvgIpc) is 3.02. The standard InChI is InChI=1S/C15H17NO3S/c17-15(18)11-7-13(19-8-11)12-9-20-14(16-12)10-5-3-1-2-4-6-10/h7-10H,1-6H2,(H,17,18). The fourth-order valence-corrected chi connectivity index (χ4v) is 3.68. The van der Waals surface area contributed by atoms with E-state index in [4.69, 9.17) is 9.52 Å². The third-order valence-corrected chi connectivity index (χ3v) is 4.83. The van der Waals surface area contributed by atoms with Gasteiger partial charge in [-0.05, 0) is 12.8 Å². The number of hydrogen-bond donors (Lipinski definition) is 1. The Kier molecular flexibility index (Phi) is 3.87. The molecule has 0 unspecified atom stereocenters. The second-order valence-electron chi connectivity index (χ2n) is 5.26. The van der Waals surface area contributed by atoms with Crippen molar-refractivity contribution in [3.8, 4) is 11.5 Å². The van der Waals surface area contributed by atoms with Gasteiger partial charge in [-0.1, -0.05) is 25.7 Å². The summed E-state index contributed by atoms with van der Waals surface area (Å²) in [5.41, 5.74) is 0.922. The lowest BCUT2D eigenvalue weighted by molar-refractivity contribution is 0.0696. The van der Waals surface area contributed by atoms with Crippen LogP contribution in [-0.2, 0) is 0 Å². The molecule has 0 bridgehead atoms. The lowest BCUT2D eigenvalue weighted by atomic mass is 10.0. The molecule has 3 rings (SSSR count). The predicted octanol–water partition coefficient (Wildman–Crippen LogP) is 4.54. The highest BCUT2D eigenvalue weighted by Gasteiger charge is 2.19. The van der Waals surface area contributed by atoms with Gasteiger partial charge in [0.2, 0.25) is 0 Å². The van der Waals surface area contributed by atoms with Crippen LogP contribution in [0, 0.1) is 0 Å². The molecule has 0 aromatic carbocycles. The van der Waals surface area contributed by atoms with Crippen LogP contribution in [0.5, 0.6) is 0 Å². The lowest BCUT2D eigenvalue weighted by Gasteiger charge is -2.09. The highest BCUT2D eigenvalue weighted by molar-refractivity contribution is 7.10. The fourth-order valence-electron chi connectivity index (χ4n) is 2.70. The molecule has 2 aromatic rings. The van der Waals surface area contributed by atoms with Crippen LogP contribution in [0.2, 0.25) is 0 Å². The zero-order valence-corrected chi connectivity index (χ0v) is 12.0. The molecule has 0 amide bonds. The summed E-state index contributed by atoms with van der Waals surface area (Å²) in [5, 5.41) is 12.0. The molecule has 5 heteroatoms. The fraction of sp³-hybridized carbons (Fsp3) is 0.467. The van der Waals surface area contributed by atoms with E-state index in [1.54, 1.807) is 11.3 Å². The Balaban J connectivity index is 1.79. The topological polar surface area (TPSA) is 63.3 Å². The van der Waals surface area contributed by atoms with Crippen LogP contribution in [0.3, 0.4) is 0 Å². The van der Waals surface area contributed by atoms with E-state index in [9.17, 15) is 4.79 Å². The predicted molar refractivity (Wildman–Crippen MR) is 77.2 cm³/mol. The maximum absolute atomic E-state index is 10.9. The number of thiazole rings is 1. The van der Waals surface area contributed by atoms with E-state index in [1.165, 1.54) is 50.9 Å². The molecule has 2 aromatic heterocycles. The van der Waals surface area contributed by atoms with Crippen molar-refractivity contribution in [3.05, 3.63) is 28.3 Å². The molecule has 4 nitrogen and oxygen atoms in total. The largest absolute Gasteiger partial charge is 0.478 e. The van der Waals surface area contributed by atoms with E-state index in [0.717, 1.165) is 10.7 Å². The molecule has 1 N–H and O–H groups in total. The molecule has 0 atom stereocenters. The van der Waals surface area contributed by atoms with Gasteiger partial charge in [-0.15, -0.1) is 11.3 Å². The van der Waals surface area contributed by atoms with Gasteiger partial charge in [0.15, 0.2) is 5.76 Å².